The van der Waals surface area contributed by atoms with Gasteiger partial charge in [0, 0.05) is 20.0 Å². The highest BCUT2D eigenvalue weighted by atomic mass is 16.2. The Bertz CT molecular complexity index is 658. The van der Waals surface area contributed by atoms with Gasteiger partial charge >= 0.3 is 0 Å². The average Bonchev–Trinajstić information content (AvgIpc) is 2.67. The van der Waals surface area contributed by atoms with Crippen molar-refractivity contribution in [2.75, 3.05) is 20.6 Å². The predicted octanol–water partition coefficient (Wildman–Crippen LogP) is 1.44. The summed E-state index contributed by atoms with van der Waals surface area (Å²) in [5, 5.41) is 4.96. The molecule has 0 aliphatic heterocycles. The lowest BCUT2D eigenvalue weighted by Gasteiger charge is -2.22. The molecule has 0 fully saturated rings. The lowest BCUT2D eigenvalue weighted by atomic mass is 9.99. The zero-order chi connectivity index (χ0) is 20.4. The number of amides is 3. The van der Waals surface area contributed by atoms with E-state index in [4.69, 9.17) is 0 Å². The van der Waals surface area contributed by atoms with E-state index in [0.717, 1.165) is 12.8 Å². The first-order chi connectivity index (χ1) is 12.8. The summed E-state index contributed by atoms with van der Waals surface area (Å²) in [5.74, 6) is -2.50. The van der Waals surface area contributed by atoms with Crippen molar-refractivity contribution in [3.05, 3.63) is 35.9 Å². The number of Topliss-reactive ketones (excluding diaryl/α,β-unsaturated/α-hetero) is 1. The number of benzene rings is 1. The minimum atomic E-state index is -0.857. The van der Waals surface area contributed by atoms with Crippen LogP contribution < -0.4 is 10.6 Å². The third kappa shape index (κ3) is 7.21. The number of carbonyl (C=O) groups is 4. The first-order valence-electron chi connectivity index (χ1n) is 9.15. The van der Waals surface area contributed by atoms with Gasteiger partial charge in [0.25, 0.3) is 5.91 Å². The van der Waals surface area contributed by atoms with Gasteiger partial charge in [-0.05, 0) is 12.0 Å². The van der Waals surface area contributed by atoms with Crippen LogP contribution in [0.4, 0.5) is 0 Å². The van der Waals surface area contributed by atoms with E-state index >= 15 is 0 Å². The molecule has 0 aromatic heterocycles. The summed E-state index contributed by atoms with van der Waals surface area (Å²) in [6.45, 7) is 3.35. The van der Waals surface area contributed by atoms with Crippen molar-refractivity contribution < 1.29 is 19.2 Å². The molecule has 0 heterocycles. The third-order valence-corrected chi connectivity index (χ3v) is 4.20. The highest BCUT2D eigenvalue weighted by Crippen LogP contribution is 2.14. The van der Waals surface area contributed by atoms with E-state index in [0.29, 0.717) is 12.0 Å². The van der Waals surface area contributed by atoms with Crippen molar-refractivity contribution >= 4 is 23.5 Å². The molecule has 2 unspecified atom stereocenters. The summed E-state index contributed by atoms with van der Waals surface area (Å²) in [6, 6.07) is 7.98. The predicted molar refractivity (Wildman–Crippen MR) is 103 cm³/mol. The van der Waals surface area contributed by atoms with E-state index in [1.165, 1.54) is 4.90 Å². The maximum Gasteiger partial charge on any atom is 0.288 e. The number of rotatable bonds is 10. The number of hydrogen-bond donors (Lipinski definition) is 2. The van der Waals surface area contributed by atoms with Crippen LogP contribution in [0.3, 0.4) is 0 Å². The fraction of sp³-hybridized carbons (Fsp3) is 0.500. The van der Waals surface area contributed by atoms with Gasteiger partial charge in [-0.1, -0.05) is 57.0 Å². The van der Waals surface area contributed by atoms with Crippen molar-refractivity contribution in [3.8, 4) is 0 Å². The summed E-state index contributed by atoms with van der Waals surface area (Å²) in [7, 11) is 3.20. The Morgan fingerprint density at radius 2 is 1.70 bits per heavy atom. The smallest absolute Gasteiger partial charge is 0.288 e. The zero-order valence-electron chi connectivity index (χ0n) is 16.5. The Morgan fingerprint density at radius 1 is 1.07 bits per heavy atom. The molecule has 3 amide bonds. The summed E-state index contributed by atoms with van der Waals surface area (Å²) in [5.41, 5.74) is 0.639. The molecule has 0 bridgehead atoms. The quantitative estimate of drug-likeness (QED) is 0.605. The van der Waals surface area contributed by atoms with Crippen LogP contribution in [0, 0.1) is 5.92 Å². The van der Waals surface area contributed by atoms with Crippen molar-refractivity contribution in [2.24, 2.45) is 5.92 Å². The lowest BCUT2D eigenvalue weighted by molar-refractivity contribution is -0.140. The molecule has 148 valence electrons. The zero-order valence-corrected chi connectivity index (χ0v) is 16.5. The molecule has 1 rings (SSSR count). The Kier molecular flexibility index (Phi) is 9.19. The molecule has 27 heavy (non-hydrogen) atoms. The van der Waals surface area contributed by atoms with Crippen LogP contribution in [-0.4, -0.2) is 49.0 Å². The summed E-state index contributed by atoms with van der Waals surface area (Å²) in [6.07, 6.45) is 2.46. The monoisotopic (exact) mass is 375 g/mol. The lowest BCUT2D eigenvalue weighted by Crippen LogP contribution is -2.45. The van der Waals surface area contributed by atoms with Crippen molar-refractivity contribution in [1.82, 2.24) is 15.5 Å². The Balaban J connectivity index is 2.65. The second kappa shape index (κ2) is 11.1. The van der Waals surface area contributed by atoms with Gasteiger partial charge in [0.05, 0.1) is 6.54 Å². The maximum absolute atomic E-state index is 12.4. The number of nitrogens with zero attached hydrogens (tertiary/aromatic N) is 1. The number of hydrogen-bond acceptors (Lipinski definition) is 4. The summed E-state index contributed by atoms with van der Waals surface area (Å²) in [4.78, 5) is 49.9. The number of nitrogens with one attached hydrogen (secondary N) is 2. The second-order valence-corrected chi connectivity index (χ2v) is 6.73. The summed E-state index contributed by atoms with van der Waals surface area (Å²) >= 11 is 0. The van der Waals surface area contributed by atoms with Crippen LogP contribution in [0.1, 0.15) is 44.7 Å². The summed E-state index contributed by atoms with van der Waals surface area (Å²) < 4.78 is 0. The van der Waals surface area contributed by atoms with E-state index in [-0.39, 0.29) is 18.4 Å². The normalized spacial score (nSPS) is 12.6. The Morgan fingerprint density at radius 3 is 2.26 bits per heavy atom. The highest BCUT2D eigenvalue weighted by molar-refractivity contribution is 6.37. The molecular formula is C20H29N3O4. The van der Waals surface area contributed by atoms with Gasteiger partial charge in [0.1, 0.15) is 6.04 Å². The molecule has 7 nitrogen and oxygen atoms in total. The van der Waals surface area contributed by atoms with Gasteiger partial charge in [-0.25, -0.2) is 0 Å². The van der Waals surface area contributed by atoms with Crippen LogP contribution in [0.2, 0.25) is 0 Å². The minimum absolute atomic E-state index is 0.287. The van der Waals surface area contributed by atoms with Crippen LogP contribution in [0.15, 0.2) is 30.3 Å². The number of ketones is 1. The Hall–Kier alpha value is -2.70. The van der Waals surface area contributed by atoms with Crippen molar-refractivity contribution in [2.45, 2.75) is 39.2 Å². The van der Waals surface area contributed by atoms with E-state index in [1.54, 1.807) is 45.3 Å². The molecule has 0 saturated heterocycles. The van der Waals surface area contributed by atoms with Gasteiger partial charge in [-0.2, -0.15) is 0 Å². The molecule has 2 atom stereocenters. The van der Waals surface area contributed by atoms with Crippen LogP contribution in [-0.2, 0) is 19.2 Å². The van der Waals surface area contributed by atoms with Crippen LogP contribution >= 0.6 is 0 Å². The van der Waals surface area contributed by atoms with Gasteiger partial charge < -0.3 is 15.5 Å². The molecule has 2 N–H and O–H groups in total. The molecule has 0 aliphatic rings. The Labute approximate surface area is 160 Å². The first kappa shape index (κ1) is 22.3. The van der Waals surface area contributed by atoms with E-state index < -0.39 is 23.6 Å². The molecular weight excluding hydrogens is 346 g/mol. The molecule has 0 spiro atoms. The fourth-order valence-corrected chi connectivity index (χ4v) is 2.52. The topological polar surface area (TPSA) is 95.6 Å². The van der Waals surface area contributed by atoms with Gasteiger partial charge in [0.15, 0.2) is 0 Å². The van der Waals surface area contributed by atoms with Crippen molar-refractivity contribution in [1.29, 1.82) is 0 Å². The minimum Gasteiger partial charge on any atom is -0.347 e. The van der Waals surface area contributed by atoms with E-state index in [1.807, 2.05) is 13.0 Å². The molecule has 0 radical (unpaired) electrons. The van der Waals surface area contributed by atoms with E-state index in [9.17, 15) is 19.2 Å². The van der Waals surface area contributed by atoms with Gasteiger partial charge in [-0.15, -0.1) is 0 Å². The van der Waals surface area contributed by atoms with Crippen LogP contribution in [0.25, 0.3) is 0 Å². The third-order valence-electron chi connectivity index (χ3n) is 4.20. The molecule has 0 saturated carbocycles. The maximum atomic E-state index is 12.4. The van der Waals surface area contributed by atoms with Gasteiger partial charge in [-0.3, -0.25) is 19.2 Å². The first-order valence-corrected chi connectivity index (χ1v) is 9.15. The molecule has 0 aliphatic carbocycles. The standard InChI is InChI=1S/C20H29N3O4/c1-5-6-10-14(2)18(25)19(26)21-13-16(24)22-17(20(27)23(3)4)15-11-8-7-9-12-15/h7-9,11-12,14,17H,5-6,10,13H2,1-4H3,(H,21,26)(H,22,24). The largest absolute Gasteiger partial charge is 0.347 e. The second-order valence-electron chi connectivity index (χ2n) is 6.73. The molecule has 1 aromatic carbocycles. The average molecular weight is 375 g/mol. The number of likely N-dealkylation sites (N-methyl/N-ethyl adjacent to an activating group) is 1. The molecule has 1 aromatic rings. The van der Waals surface area contributed by atoms with Gasteiger partial charge in [0.2, 0.25) is 17.6 Å². The van der Waals surface area contributed by atoms with Crippen molar-refractivity contribution in [3.63, 3.8) is 0 Å². The van der Waals surface area contributed by atoms with Crippen LogP contribution in [0.5, 0.6) is 0 Å². The fourth-order valence-electron chi connectivity index (χ4n) is 2.52. The number of carbonyl (C=O) groups excluding carboxylic acids is 4. The SMILES string of the molecule is CCCCC(C)C(=O)C(=O)NCC(=O)NC(C(=O)N(C)C)c1ccccc1. The van der Waals surface area contributed by atoms with E-state index in [2.05, 4.69) is 10.6 Å². The highest BCUT2D eigenvalue weighted by Gasteiger charge is 2.25. The molecule has 7 heteroatoms. The number of unbranched alkanes of at least 4 members (excludes halogenated alkanes) is 1.